The first-order chi connectivity index (χ1) is 51.9. The number of methoxy groups -OCH3 is 3. The quantitative estimate of drug-likeness (QED) is 0.0299. The van der Waals surface area contributed by atoms with Gasteiger partial charge in [0.05, 0.1) is 87.2 Å². The van der Waals surface area contributed by atoms with E-state index in [1.54, 1.807) is 0 Å². The summed E-state index contributed by atoms with van der Waals surface area (Å²) in [6.07, 6.45) is 0. The van der Waals surface area contributed by atoms with E-state index in [1.807, 2.05) is 0 Å². The molecule has 3 aromatic carbocycles. The van der Waals surface area contributed by atoms with Gasteiger partial charge in [-0.25, -0.2) is 28.8 Å². The van der Waals surface area contributed by atoms with Gasteiger partial charge in [-0.3, -0.25) is 114 Å². The number of nitro benzene ring substituents is 3. The number of rotatable bonds is 21. The van der Waals surface area contributed by atoms with Crippen molar-refractivity contribution < 1.29 is 43.2 Å². The summed E-state index contributed by atoms with van der Waals surface area (Å²) >= 11 is 0. The second kappa shape index (κ2) is 28.4. The lowest BCUT2D eigenvalue weighted by atomic mass is 9.85. The molecule has 0 atom stereocenters. The van der Waals surface area contributed by atoms with Crippen molar-refractivity contribution in [3.05, 3.63) is 242 Å². The van der Waals surface area contributed by atoms with Crippen molar-refractivity contribution in [2.45, 2.75) is 17.8 Å². The van der Waals surface area contributed by atoms with Gasteiger partial charge in [-0.15, -0.1) is 15.0 Å². The van der Waals surface area contributed by atoms with Gasteiger partial charge in [0.1, 0.15) is 34.9 Å². The number of anilines is 6. The molecule has 12 N–H and O–H groups in total. The predicted molar refractivity (Wildman–Crippen MR) is 390 cm³/mol. The van der Waals surface area contributed by atoms with E-state index < -0.39 is 255 Å². The fourth-order valence-corrected chi connectivity index (χ4v) is 12.6. The second-order valence-corrected chi connectivity index (χ2v) is 24.8. The van der Waals surface area contributed by atoms with Gasteiger partial charge in [-0.2, -0.15) is 0 Å². The molecule has 0 fully saturated rings. The van der Waals surface area contributed by atoms with Crippen molar-refractivity contribution >= 4 is 52.0 Å². The lowest BCUT2D eigenvalue weighted by Gasteiger charge is -2.24. The molecule has 0 bridgehead atoms. The van der Waals surface area contributed by atoms with Gasteiger partial charge < -0.3 is 62.8 Å². The zero-order chi connectivity index (χ0) is 82.5. The number of nitro groups is 3. The summed E-state index contributed by atoms with van der Waals surface area (Å²) < 4.78 is 43.7. The van der Waals surface area contributed by atoms with E-state index in [0.29, 0.717) is 45.6 Å². The van der Waals surface area contributed by atoms with Crippen LogP contribution >= 0.6 is 0 Å². The number of hydrogen-bond acceptors (Lipinski definition) is 33. The van der Waals surface area contributed by atoms with E-state index in [2.05, 4.69) is 15.0 Å². The standard InChI is InChI=1S/C63H66N24O24/c1-73-43(64)34(49(88)79(7)58(73)94)31(35-44(65)74(2)59(95)80(8)50(35)89)22-16-25(85(100)101)40(28(19-22)106-13)109-55-70-56(110-41-26(86(102)103)17-23(20-29(41)107-14)32(36-45(66)75(3)60(96)81(9)51(36)90)37-46(67)76(4)61(97)82(10)52(37)91)72-57(71-55)111-42-27(87(104)105)18-24(21-30(42)108-15)33(38-47(68)77(5)62(98)83(11)53(38)92)39-48(69)78(6)63(99)84(12)54(39)93/h16-21,31-33H,64-69H2,1-15H3. The van der Waals surface area contributed by atoms with Gasteiger partial charge in [0.2, 0.25) is 17.2 Å². The van der Waals surface area contributed by atoms with E-state index in [1.165, 1.54) is 0 Å². The van der Waals surface area contributed by atoms with Crippen LogP contribution in [0.3, 0.4) is 0 Å². The van der Waals surface area contributed by atoms with Gasteiger partial charge in [0, 0.05) is 103 Å². The Morgan fingerprint density at radius 1 is 0.297 bits per heavy atom. The van der Waals surface area contributed by atoms with Gasteiger partial charge in [0.25, 0.3) is 33.4 Å². The topological polar surface area (TPSA) is 644 Å². The molecule has 0 aliphatic carbocycles. The molecule has 10 aromatic rings. The molecule has 0 saturated heterocycles. The fourth-order valence-electron chi connectivity index (χ4n) is 12.6. The Morgan fingerprint density at radius 3 is 0.604 bits per heavy atom. The van der Waals surface area contributed by atoms with Gasteiger partial charge >= 0.3 is 69.2 Å². The average Bonchev–Trinajstić information content (AvgIpc) is 0.745. The van der Waals surface area contributed by atoms with Crippen LogP contribution in [0.4, 0.5) is 52.0 Å². The predicted octanol–water partition coefficient (Wildman–Crippen LogP) is -3.58. The molecule has 0 aliphatic rings. The lowest BCUT2D eigenvalue weighted by molar-refractivity contribution is -0.385. The van der Waals surface area contributed by atoms with E-state index in [9.17, 15) is 87.9 Å². The average molecular weight is 1540 g/mol. The number of aromatic nitrogens is 15. The first-order valence-electron chi connectivity index (χ1n) is 31.6. The molecule has 0 amide bonds. The SMILES string of the molecule is COc1cc(C(c2c(N)n(C)c(=O)n(C)c2=O)c2c(N)n(C)c(=O)n(C)c2=O)cc([N+](=O)[O-])c1Oc1nc(Oc2c(OC)cc(C(c3c(N)n(C)c(=O)n(C)c3=O)c3c(N)n(C)c(=O)n(C)c3=O)cc2[N+](=O)[O-])nc(Oc2c(OC)cc(C(c3c(N)n(C)c(=O)n(C)c3=O)c3c(N)n(C)c(=O)n(C)c3=O)cc2[N+](=O)[O-])n1. The molecule has 0 aliphatic heterocycles. The Bertz CT molecular complexity index is 5690. The maximum atomic E-state index is 14.4. The lowest BCUT2D eigenvalue weighted by Crippen LogP contribution is -2.44. The molecule has 582 valence electrons. The van der Waals surface area contributed by atoms with Crippen LogP contribution in [0.1, 0.15) is 67.8 Å². The Kier molecular flexibility index (Phi) is 20.0. The molecule has 7 aromatic heterocycles. The first kappa shape index (κ1) is 78.1. The summed E-state index contributed by atoms with van der Waals surface area (Å²) in [5, 5.41) is 41.1. The number of ether oxygens (including phenoxy) is 6. The largest absolute Gasteiger partial charge is 0.493 e. The third-order valence-electron chi connectivity index (χ3n) is 18.8. The molecule has 0 radical (unpaired) electrons. The molecule has 10 rings (SSSR count). The van der Waals surface area contributed by atoms with Gasteiger partial charge in [-0.1, -0.05) is 0 Å². The maximum Gasteiger partial charge on any atom is 0.332 e. The Labute approximate surface area is 615 Å². The third kappa shape index (κ3) is 12.5. The monoisotopic (exact) mass is 1540 g/mol. The van der Waals surface area contributed by atoms with Crippen LogP contribution in [-0.2, 0) is 84.6 Å². The van der Waals surface area contributed by atoms with Crippen LogP contribution in [0.25, 0.3) is 0 Å². The van der Waals surface area contributed by atoms with Crippen LogP contribution in [0.15, 0.2) is 93.9 Å². The maximum absolute atomic E-state index is 14.4. The number of nitrogens with two attached hydrogens (primary N) is 6. The Hall–Kier alpha value is -15.4. The van der Waals surface area contributed by atoms with Crippen molar-refractivity contribution in [3.8, 4) is 52.5 Å². The normalized spacial score (nSPS) is 11.4. The van der Waals surface area contributed by atoms with Crippen molar-refractivity contribution in [2.75, 3.05) is 55.7 Å². The minimum atomic E-state index is -1.96. The summed E-state index contributed by atoms with van der Waals surface area (Å²) in [5.74, 6) is -14.7. The van der Waals surface area contributed by atoms with Crippen molar-refractivity contribution in [3.63, 3.8) is 0 Å². The van der Waals surface area contributed by atoms with Crippen molar-refractivity contribution in [1.29, 1.82) is 0 Å². The first-order valence-corrected chi connectivity index (χ1v) is 31.6. The van der Waals surface area contributed by atoms with E-state index in [4.69, 9.17) is 62.8 Å². The molecular weight excluding hydrogens is 1480 g/mol. The zero-order valence-electron chi connectivity index (χ0n) is 61.0. The van der Waals surface area contributed by atoms with Crippen LogP contribution in [0.2, 0.25) is 0 Å². The summed E-state index contributed by atoms with van der Waals surface area (Å²) in [6, 6.07) is 1.28. The third-order valence-corrected chi connectivity index (χ3v) is 18.8. The van der Waals surface area contributed by atoms with E-state index >= 15 is 0 Å². The highest BCUT2D eigenvalue weighted by Crippen LogP contribution is 2.50. The second-order valence-electron chi connectivity index (χ2n) is 24.8. The number of nitrogen functional groups attached to an aromatic ring is 6. The Morgan fingerprint density at radius 2 is 0.459 bits per heavy atom. The van der Waals surface area contributed by atoms with Gasteiger partial charge in [0.15, 0.2) is 17.2 Å². The number of nitrogens with zero attached hydrogens (tertiary/aromatic N) is 18. The van der Waals surface area contributed by atoms with Crippen LogP contribution in [0.5, 0.6) is 52.5 Å². The number of hydrogen-bond donors (Lipinski definition) is 6. The van der Waals surface area contributed by atoms with Crippen LogP contribution in [-0.4, -0.2) is 106 Å². The molecule has 48 heteroatoms. The van der Waals surface area contributed by atoms with Crippen molar-refractivity contribution in [2.24, 2.45) is 84.6 Å². The Balaban J connectivity index is 1.27. The minimum absolute atomic E-state index is 0.452. The summed E-state index contributed by atoms with van der Waals surface area (Å²) in [5.41, 5.74) is 17.6. The molecule has 0 unspecified atom stereocenters. The summed E-state index contributed by atoms with van der Waals surface area (Å²) in [7, 11) is 16.0. The minimum Gasteiger partial charge on any atom is -0.493 e. The summed E-state index contributed by atoms with van der Waals surface area (Å²) in [6.45, 7) is 0. The van der Waals surface area contributed by atoms with E-state index in [0.717, 1.165) is 152 Å². The summed E-state index contributed by atoms with van der Waals surface area (Å²) in [4.78, 5) is 216. The smallest absolute Gasteiger partial charge is 0.332 e. The van der Waals surface area contributed by atoms with Crippen LogP contribution < -0.4 is 130 Å². The highest BCUT2D eigenvalue weighted by Gasteiger charge is 2.41. The molecule has 111 heavy (non-hydrogen) atoms. The fraction of sp³-hybridized carbons (Fsp3) is 0.286. The molecule has 0 spiro atoms. The highest BCUT2D eigenvalue weighted by molar-refractivity contribution is 5.69. The highest BCUT2D eigenvalue weighted by atomic mass is 16.6. The molecule has 7 heterocycles. The molecule has 48 nitrogen and oxygen atoms in total. The van der Waals surface area contributed by atoms with Crippen molar-refractivity contribution in [1.82, 2.24) is 69.8 Å². The molecular formula is C63H66N24O24. The van der Waals surface area contributed by atoms with E-state index in [-0.39, 0.29) is 0 Å². The zero-order valence-corrected chi connectivity index (χ0v) is 61.0. The van der Waals surface area contributed by atoms with Crippen LogP contribution in [0, 0.1) is 30.3 Å². The van der Waals surface area contributed by atoms with Gasteiger partial charge in [-0.05, 0) is 34.9 Å². The molecule has 0 saturated carbocycles. The number of benzene rings is 3.